The van der Waals surface area contributed by atoms with Gasteiger partial charge in [0.25, 0.3) is 0 Å². The largest absolute Gasteiger partial charge is 0.416 e. The lowest BCUT2D eigenvalue weighted by molar-refractivity contribution is -0.137. The van der Waals surface area contributed by atoms with Gasteiger partial charge in [0.1, 0.15) is 22.4 Å². The first-order valence-electron chi connectivity index (χ1n) is 11.7. The van der Waals surface area contributed by atoms with Crippen molar-refractivity contribution < 1.29 is 13.2 Å². The number of rotatable bonds is 4. The van der Waals surface area contributed by atoms with Gasteiger partial charge >= 0.3 is 6.18 Å². The van der Waals surface area contributed by atoms with Crippen LogP contribution in [-0.2, 0) is 17.5 Å². The van der Waals surface area contributed by atoms with Crippen molar-refractivity contribution in [3.05, 3.63) is 83.9 Å². The van der Waals surface area contributed by atoms with Gasteiger partial charge in [-0.1, -0.05) is 42.0 Å². The van der Waals surface area contributed by atoms with Crippen molar-refractivity contribution in [2.75, 3.05) is 0 Å². The van der Waals surface area contributed by atoms with E-state index >= 15 is 0 Å². The zero-order chi connectivity index (χ0) is 26.7. The van der Waals surface area contributed by atoms with Crippen LogP contribution in [0.25, 0.3) is 52.8 Å². The Morgan fingerprint density at radius 3 is 1.54 bits per heavy atom. The van der Waals surface area contributed by atoms with E-state index < -0.39 is 11.7 Å². The lowest BCUT2D eigenvalue weighted by Gasteiger charge is -2.09. The van der Waals surface area contributed by atoms with Gasteiger partial charge in [-0.25, -0.2) is 0 Å². The molecule has 3 aromatic heterocycles. The number of alkyl halides is 3. The SMILES string of the molecule is Cc1ccc(-c2ccc(-c3c4c(c(-c5ccc(-c6ccc(C(F)(F)F)cc6)s5)c5nsnc35)N=S=N4)s2)cc1. The van der Waals surface area contributed by atoms with Crippen LogP contribution in [0.1, 0.15) is 11.1 Å². The molecular weight excluding hydrogens is 578 g/mol. The Balaban J connectivity index is 1.33. The van der Waals surface area contributed by atoms with E-state index in [1.165, 1.54) is 29.0 Å². The first-order chi connectivity index (χ1) is 18.9. The maximum atomic E-state index is 13.0. The summed E-state index contributed by atoms with van der Waals surface area (Å²) < 4.78 is 57.7. The molecule has 6 aromatic rings. The maximum Gasteiger partial charge on any atom is 0.416 e. The molecule has 0 saturated carbocycles. The topological polar surface area (TPSA) is 50.5 Å². The van der Waals surface area contributed by atoms with Gasteiger partial charge in [0.15, 0.2) is 0 Å². The average Bonchev–Trinajstić information content (AvgIpc) is 3.74. The van der Waals surface area contributed by atoms with Gasteiger partial charge < -0.3 is 0 Å². The number of benzene rings is 3. The molecule has 0 saturated heterocycles. The summed E-state index contributed by atoms with van der Waals surface area (Å²) in [6.45, 7) is 2.07. The quantitative estimate of drug-likeness (QED) is 0.204. The van der Waals surface area contributed by atoms with Crippen LogP contribution in [-0.4, -0.2) is 8.75 Å². The Labute approximate surface area is 236 Å². The van der Waals surface area contributed by atoms with E-state index in [1.54, 1.807) is 11.3 Å². The average molecular weight is 593 g/mol. The molecule has 1 aliphatic heterocycles. The van der Waals surface area contributed by atoms with Crippen LogP contribution >= 0.6 is 34.4 Å². The molecule has 39 heavy (non-hydrogen) atoms. The van der Waals surface area contributed by atoms with Crippen LogP contribution in [0.5, 0.6) is 0 Å². The summed E-state index contributed by atoms with van der Waals surface area (Å²) in [6, 6.07) is 21.8. The van der Waals surface area contributed by atoms with Crippen molar-refractivity contribution in [2.24, 2.45) is 8.73 Å². The van der Waals surface area contributed by atoms with Crippen molar-refractivity contribution in [3.8, 4) is 41.8 Å². The minimum absolute atomic E-state index is 0.664. The molecule has 0 unspecified atom stereocenters. The summed E-state index contributed by atoms with van der Waals surface area (Å²) in [6.07, 6.45) is -4.36. The Hall–Kier alpha value is -3.51. The molecule has 192 valence electrons. The highest BCUT2D eigenvalue weighted by atomic mass is 32.1. The molecule has 0 fully saturated rings. The number of aryl methyl sites for hydroxylation is 1. The molecule has 4 nitrogen and oxygen atoms in total. The summed E-state index contributed by atoms with van der Waals surface area (Å²) in [5, 5.41) is 0. The fraction of sp³-hybridized carbons (Fsp3) is 0.0714. The molecule has 1 aliphatic rings. The number of nitrogens with zero attached hydrogens (tertiary/aromatic N) is 4. The third kappa shape index (κ3) is 4.26. The predicted molar refractivity (Wildman–Crippen MR) is 156 cm³/mol. The molecule has 0 N–H and O–H groups in total. The number of hydrogen-bond acceptors (Lipinski definition) is 7. The number of halogens is 3. The first-order valence-corrected chi connectivity index (χ1v) is 14.8. The van der Waals surface area contributed by atoms with Gasteiger partial charge in [-0.3, -0.25) is 0 Å². The van der Waals surface area contributed by atoms with Crippen molar-refractivity contribution in [3.63, 3.8) is 0 Å². The molecule has 0 aliphatic carbocycles. The highest BCUT2D eigenvalue weighted by Gasteiger charge is 2.30. The second-order valence-electron chi connectivity index (χ2n) is 8.94. The van der Waals surface area contributed by atoms with Crippen LogP contribution in [0.3, 0.4) is 0 Å². The molecule has 0 atom stereocenters. The summed E-state index contributed by atoms with van der Waals surface area (Å²) in [7, 11) is 0. The Bertz CT molecular complexity index is 1940. The van der Waals surface area contributed by atoms with Crippen LogP contribution in [0, 0.1) is 6.92 Å². The second-order valence-corrected chi connectivity index (χ2v) is 12.2. The van der Waals surface area contributed by atoms with Crippen LogP contribution in [0.2, 0.25) is 0 Å². The lowest BCUT2D eigenvalue weighted by Crippen LogP contribution is -2.03. The Morgan fingerprint density at radius 1 is 0.590 bits per heavy atom. The van der Waals surface area contributed by atoms with Gasteiger partial charge in [-0.05, 0) is 54.4 Å². The third-order valence-electron chi connectivity index (χ3n) is 6.46. The van der Waals surface area contributed by atoms with E-state index in [0.29, 0.717) is 0 Å². The number of hydrogen-bond donors (Lipinski definition) is 0. The van der Waals surface area contributed by atoms with E-state index in [9.17, 15) is 13.2 Å². The van der Waals surface area contributed by atoms with Gasteiger partial charge in [0.2, 0.25) is 0 Å². The highest BCUT2D eigenvalue weighted by molar-refractivity contribution is 7.58. The van der Waals surface area contributed by atoms with Gasteiger partial charge in [-0.2, -0.15) is 30.6 Å². The lowest BCUT2D eigenvalue weighted by atomic mass is 10.0. The molecule has 0 radical (unpaired) electrons. The van der Waals surface area contributed by atoms with E-state index in [2.05, 4.69) is 60.8 Å². The van der Waals surface area contributed by atoms with Gasteiger partial charge in [0, 0.05) is 30.6 Å². The van der Waals surface area contributed by atoms with E-state index in [0.717, 1.165) is 99.4 Å². The molecule has 4 heterocycles. The molecular formula is C28H15F3N4S4. The minimum atomic E-state index is -4.36. The fourth-order valence-electron chi connectivity index (χ4n) is 4.52. The summed E-state index contributed by atoms with van der Waals surface area (Å²) in [5.74, 6) is 0. The van der Waals surface area contributed by atoms with Crippen molar-refractivity contribution in [1.29, 1.82) is 0 Å². The van der Waals surface area contributed by atoms with Crippen molar-refractivity contribution in [2.45, 2.75) is 13.1 Å². The summed E-state index contributed by atoms with van der Waals surface area (Å²) >= 11 is 5.47. The summed E-state index contributed by atoms with van der Waals surface area (Å²) in [5.41, 5.74) is 7.26. The molecule has 0 amide bonds. The summed E-state index contributed by atoms with van der Waals surface area (Å²) in [4.78, 5) is 3.97. The third-order valence-corrected chi connectivity index (χ3v) is 9.82. The fourth-order valence-corrected chi connectivity index (χ4v) is 7.76. The molecule has 7 rings (SSSR count). The number of aromatic nitrogens is 2. The smallest absolute Gasteiger partial charge is 0.172 e. The molecule has 0 spiro atoms. The first kappa shape index (κ1) is 24.5. The zero-order valence-electron chi connectivity index (χ0n) is 20.0. The second kappa shape index (κ2) is 9.30. The monoisotopic (exact) mass is 592 g/mol. The van der Waals surface area contributed by atoms with Crippen LogP contribution < -0.4 is 0 Å². The maximum absolute atomic E-state index is 13.0. The normalized spacial score (nSPS) is 12.7. The van der Waals surface area contributed by atoms with Crippen molar-refractivity contribution >= 4 is 68.2 Å². The van der Waals surface area contributed by atoms with E-state index in [4.69, 9.17) is 0 Å². The van der Waals surface area contributed by atoms with Crippen molar-refractivity contribution in [1.82, 2.24) is 8.75 Å². The molecule has 11 heteroatoms. The van der Waals surface area contributed by atoms with Crippen LogP contribution in [0.4, 0.5) is 24.5 Å². The molecule has 3 aromatic carbocycles. The highest BCUT2D eigenvalue weighted by Crippen LogP contribution is 2.54. The standard InChI is InChI=1S/C28H15F3N4S4/c1-14-2-4-15(5-3-14)18-10-12-20(36-18)22-24-26(34-38-32-24)23(27-25(22)33-39-35-27)21-13-11-19(37-21)16-6-8-17(9-7-16)28(29,30)31/h2-13H,1H3. The minimum Gasteiger partial charge on any atom is -0.172 e. The van der Waals surface area contributed by atoms with E-state index in [1.807, 2.05) is 12.1 Å². The molecule has 0 bridgehead atoms. The number of fused-ring (bicyclic) bond motifs is 2. The van der Waals surface area contributed by atoms with Gasteiger partial charge in [-0.15, -0.1) is 22.7 Å². The van der Waals surface area contributed by atoms with Gasteiger partial charge in [0.05, 0.1) is 28.6 Å². The number of thiophene rings is 2. The Kier molecular flexibility index (Phi) is 5.85. The van der Waals surface area contributed by atoms with E-state index in [-0.39, 0.29) is 0 Å². The predicted octanol–water partition coefficient (Wildman–Crippen LogP) is 10.5. The van der Waals surface area contributed by atoms with Crippen LogP contribution in [0.15, 0.2) is 81.5 Å². The Morgan fingerprint density at radius 2 is 1.05 bits per heavy atom. The zero-order valence-corrected chi connectivity index (χ0v) is 23.2.